The van der Waals surface area contributed by atoms with Crippen LogP contribution in [0.15, 0.2) is 15.9 Å². The van der Waals surface area contributed by atoms with Crippen LogP contribution in [0.25, 0.3) is 0 Å². The van der Waals surface area contributed by atoms with E-state index < -0.39 is 0 Å². The molecule has 0 aliphatic carbocycles. The Kier molecular flexibility index (Phi) is 4.38. The molecular weight excluding hydrogens is 248 g/mol. The minimum Gasteiger partial charge on any atom is -0.271 e. The van der Waals surface area contributed by atoms with Crippen LogP contribution >= 0.6 is 27.3 Å². The second kappa shape index (κ2) is 5.10. The van der Waals surface area contributed by atoms with Crippen molar-refractivity contribution in [3.8, 4) is 0 Å². The van der Waals surface area contributed by atoms with Gasteiger partial charge in [0.2, 0.25) is 0 Å². The Hall–Kier alpha value is 0.1000. The van der Waals surface area contributed by atoms with E-state index in [1.54, 1.807) is 11.3 Å². The molecule has 3 N–H and O–H groups in total. The highest BCUT2D eigenvalue weighted by Crippen LogP contribution is 2.24. The predicted octanol–water partition coefficient (Wildman–Crippen LogP) is 2.54. The molecule has 74 valence electrons. The van der Waals surface area contributed by atoms with Gasteiger partial charge in [-0.15, -0.1) is 11.3 Å². The Balaban J connectivity index is 2.56. The molecule has 4 heteroatoms. The molecule has 0 aliphatic heterocycles. The van der Waals surface area contributed by atoms with Gasteiger partial charge in [-0.1, -0.05) is 13.8 Å². The summed E-state index contributed by atoms with van der Waals surface area (Å²) in [5.41, 5.74) is 2.85. The number of halogens is 1. The van der Waals surface area contributed by atoms with Crippen LogP contribution < -0.4 is 11.3 Å². The molecule has 0 fully saturated rings. The summed E-state index contributed by atoms with van der Waals surface area (Å²) in [5, 5.41) is 0. The van der Waals surface area contributed by atoms with E-state index in [1.807, 2.05) is 0 Å². The van der Waals surface area contributed by atoms with Crippen LogP contribution in [0.2, 0.25) is 0 Å². The monoisotopic (exact) mass is 262 g/mol. The van der Waals surface area contributed by atoms with E-state index in [-0.39, 0.29) is 0 Å². The second-order valence-electron chi connectivity index (χ2n) is 3.43. The van der Waals surface area contributed by atoms with Gasteiger partial charge in [0.15, 0.2) is 0 Å². The van der Waals surface area contributed by atoms with Gasteiger partial charge in [0.05, 0.1) is 3.79 Å². The van der Waals surface area contributed by atoms with Crippen LogP contribution in [0.3, 0.4) is 0 Å². The molecule has 13 heavy (non-hydrogen) atoms. The number of nitrogens with two attached hydrogens (primary N) is 1. The summed E-state index contributed by atoms with van der Waals surface area (Å²) in [4.78, 5) is 1.36. The summed E-state index contributed by atoms with van der Waals surface area (Å²) in [6.45, 7) is 4.35. The summed E-state index contributed by atoms with van der Waals surface area (Å²) < 4.78 is 1.18. The first-order chi connectivity index (χ1) is 6.13. The van der Waals surface area contributed by atoms with Crippen molar-refractivity contribution in [2.45, 2.75) is 26.3 Å². The Morgan fingerprint density at radius 3 is 2.62 bits per heavy atom. The predicted molar refractivity (Wildman–Crippen MR) is 61.7 cm³/mol. The topological polar surface area (TPSA) is 38.0 Å². The molecule has 0 saturated carbocycles. The summed E-state index contributed by atoms with van der Waals surface area (Å²) in [7, 11) is 0. The maximum atomic E-state index is 5.47. The average molecular weight is 263 g/mol. The molecule has 0 bridgehead atoms. The Bertz CT molecular complexity index is 260. The average Bonchev–Trinajstić information content (AvgIpc) is 2.46. The van der Waals surface area contributed by atoms with Gasteiger partial charge in [0, 0.05) is 10.9 Å². The number of hydrogen-bond acceptors (Lipinski definition) is 3. The third-order valence-electron chi connectivity index (χ3n) is 2.07. The number of nitrogens with one attached hydrogen (secondary N) is 1. The fourth-order valence-corrected chi connectivity index (χ4v) is 2.71. The van der Waals surface area contributed by atoms with E-state index in [9.17, 15) is 0 Å². The first-order valence-corrected chi connectivity index (χ1v) is 5.94. The van der Waals surface area contributed by atoms with Crippen LogP contribution in [0.4, 0.5) is 0 Å². The second-order valence-corrected chi connectivity index (χ2v) is 5.97. The van der Waals surface area contributed by atoms with Gasteiger partial charge in [0.1, 0.15) is 0 Å². The van der Waals surface area contributed by atoms with Gasteiger partial charge in [-0.3, -0.25) is 11.3 Å². The van der Waals surface area contributed by atoms with Crippen LogP contribution in [-0.4, -0.2) is 6.04 Å². The van der Waals surface area contributed by atoms with Crippen LogP contribution in [-0.2, 0) is 6.42 Å². The molecule has 0 aromatic carbocycles. The smallest absolute Gasteiger partial charge is 0.0701 e. The van der Waals surface area contributed by atoms with E-state index >= 15 is 0 Å². The normalized spacial score (nSPS) is 13.6. The quantitative estimate of drug-likeness (QED) is 0.647. The zero-order chi connectivity index (χ0) is 9.84. The number of thiophene rings is 1. The lowest BCUT2D eigenvalue weighted by atomic mass is 10.0. The molecule has 0 spiro atoms. The standard InChI is InChI=1S/C9H15BrN2S/c1-6(2)8(12-11)5-7-3-4-9(10)13-7/h3-4,6,8,12H,5,11H2,1-2H3. The lowest BCUT2D eigenvalue weighted by molar-refractivity contribution is 0.406. The zero-order valence-corrected chi connectivity index (χ0v) is 10.3. The molecule has 2 nitrogen and oxygen atoms in total. The number of hydrazine groups is 1. The minimum atomic E-state index is 0.366. The van der Waals surface area contributed by atoms with E-state index in [0.29, 0.717) is 12.0 Å². The summed E-state index contributed by atoms with van der Waals surface area (Å²) in [6.07, 6.45) is 1.00. The van der Waals surface area contributed by atoms with E-state index in [2.05, 4.69) is 47.3 Å². The van der Waals surface area contributed by atoms with E-state index in [0.717, 1.165) is 6.42 Å². The fourth-order valence-electron chi connectivity index (χ4n) is 1.17. The molecule has 1 atom stereocenters. The van der Waals surface area contributed by atoms with Crippen molar-refractivity contribution in [1.82, 2.24) is 5.43 Å². The van der Waals surface area contributed by atoms with Gasteiger partial charge in [-0.25, -0.2) is 0 Å². The molecule has 1 unspecified atom stereocenters. The minimum absolute atomic E-state index is 0.366. The van der Waals surface area contributed by atoms with E-state index in [4.69, 9.17) is 5.84 Å². The van der Waals surface area contributed by atoms with Crippen molar-refractivity contribution in [3.63, 3.8) is 0 Å². The highest BCUT2D eigenvalue weighted by atomic mass is 79.9. The molecule has 1 aromatic rings. The SMILES string of the molecule is CC(C)C(Cc1ccc(Br)s1)NN. The first-order valence-electron chi connectivity index (χ1n) is 4.34. The summed E-state index contributed by atoms with van der Waals surface area (Å²) in [5.74, 6) is 6.03. The van der Waals surface area contributed by atoms with Gasteiger partial charge in [0.25, 0.3) is 0 Å². The Morgan fingerprint density at radius 2 is 2.23 bits per heavy atom. The van der Waals surface area contributed by atoms with Crippen LogP contribution in [0.1, 0.15) is 18.7 Å². The Labute approximate surface area is 91.6 Å². The number of rotatable bonds is 4. The lowest BCUT2D eigenvalue weighted by Crippen LogP contribution is -2.40. The van der Waals surface area contributed by atoms with Crippen molar-refractivity contribution in [2.24, 2.45) is 11.8 Å². The molecule has 0 aliphatic rings. The van der Waals surface area contributed by atoms with Crippen molar-refractivity contribution in [3.05, 3.63) is 20.8 Å². The van der Waals surface area contributed by atoms with Gasteiger partial charge < -0.3 is 0 Å². The maximum Gasteiger partial charge on any atom is 0.0701 e. The molecular formula is C9H15BrN2S. The first kappa shape index (κ1) is 11.2. The maximum absolute atomic E-state index is 5.47. The molecule has 0 radical (unpaired) electrons. The summed E-state index contributed by atoms with van der Waals surface area (Å²) in [6, 6.07) is 4.58. The molecule has 1 aromatic heterocycles. The van der Waals surface area contributed by atoms with Gasteiger partial charge in [-0.2, -0.15) is 0 Å². The van der Waals surface area contributed by atoms with E-state index in [1.165, 1.54) is 8.66 Å². The fraction of sp³-hybridized carbons (Fsp3) is 0.556. The lowest BCUT2D eigenvalue weighted by Gasteiger charge is -2.18. The number of hydrogen-bond donors (Lipinski definition) is 2. The zero-order valence-electron chi connectivity index (χ0n) is 7.88. The van der Waals surface area contributed by atoms with Crippen LogP contribution in [0, 0.1) is 5.92 Å². The third kappa shape index (κ3) is 3.38. The van der Waals surface area contributed by atoms with Gasteiger partial charge >= 0.3 is 0 Å². The Morgan fingerprint density at radius 1 is 1.54 bits per heavy atom. The molecule has 0 amide bonds. The van der Waals surface area contributed by atoms with Crippen LogP contribution in [0.5, 0.6) is 0 Å². The largest absolute Gasteiger partial charge is 0.271 e. The molecule has 0 saturated heterocycles. The van der Waals surface area contributed by atoms with Gasteiger partial charge in [-0.05, 0) is 40.4 Å². The van der Waals surface area contributed by atoms with Crippen molar-refractivity contribution >= 4 is 27.3 Å². The molecule has 1 rings (SSSR count). The van der Waals surface area contributed by atoms with Crippen molar-refractivity contribution < 1.29 is 0 Å². The third-order valence-corrected chi connectivity index (χ3v) is 3.71. The molecule has 1 heterocycles. The summed E-state index contributed by atoms with van der Waals surface area (Å²) >= 11 is 5.22. The highest BCUT2D eigenvalue weighted by Gasteiger charge is 2.12. The van der Waals surface area contributed by atoms with Crippen molar-refractivity contribution in [1.29, 1.82) is 0 Å². The van der Waals surface area contributed by atoms with Crippen molar-refractivity contribution in [2.75, 3.05) is 0 Å². The highest BCUT2D eigenvalue weighted by molar-refractivity contribution is 9.11.